The number of nitrogens with one attached hydrogen (secondary N) is 2. The molecule has 144 valence electrons. The number of hydrogen-bond donors (Lipinski definition) is 2. The van der Waals surface area contributed by atoms with Gasteiger partial charge in [0.15, 0.2) is 5.96 Å². The second kappa shape index (κ2) is 12.7. The summed E-state index contributed by atoms with van der Waals surface area (Å²) in [6, 6.07) is 6.79. The number of sulfone groups is 1. The van der Waals surface area contributed by atoms with E-state index in [2.05, 4.69) is 15.6 Å². The van der Waals surface area contributed by atoms with Crippen molar-refractivity contribution in [2.45, 2.75) is 25.1 Å². The summed E-state index contributed by atoms with van der Waals surface area (Å²) in [6.07, 6.45) is 1.77. The Balaban J connectivity index is 0.00000576. The first-order valence-electron chi connectivity index (χ1n) is 7.78. The molecule has 0 radical (unpaired) electrons. The minimum absolute atomic E-state index is 0. The van der Waals surface area contributed by atoms with E-state index in [1.807, 2.05) is 13.0 Å². The summed E-state index contributed by atoms with van der Waals surface area (Å²) in [5.41, 5.74) is 0.708. The molecule has 1 aromatic rings. The summed E-state index contributed by atoms with van der Waals surface area (Å²) in [5.74, 6) is 2.06. The fourth-order valence-corrected chi connectivity index (χ4v) is 3.56. The van der Waals surface area contributed by atoms with Gasteiger partial charge in [0, 0.05) is 37.4 Å². The molecule has 0 amide bonds. The van der Waals surface area contributed by atoms with Crippen molar-refractivity contribution in [2.75, 3.05) is 31.4 Å². The average molecular weight is 503 g/mol. The van der Waals surface area contributed by atoms with Crippen molar-refractivity contribution in [2.24, 2.45) is 4.99 Å². The third kappa shape index (κ3) is 11.6. The highest BCUT2D eigenvalue weighted by molar-refractivity contribution is 14.0. The van der Waals surface area contributed by atoms with Crippen molar-refractivity contribution in [1.29, 1.82) is 0 Å². The quantitative estimate of drug-likeness (QED) is 0.235. The van der Waals surface area contributed by atoms with Gasteiger partial charge in [0.1, 0.15) is 15.7 Å². The van der Waals surface area contributed by atoms with E-state index in [0.29, 0.717) is 30.2 Å². The lowest BCUT2D eigenvalue weighted by Gasteiger charge is -2.17. The minimum atomic E-state index is -2.95. The number of guanidine groups is 1. The molecule has 0 aliphatic carbocycles. The third-order valence-electron chi connectivity index (χ3n) is 3.28. The molecule has 0 saturated heterocycles. The van der Waals surface area contributed by atoms with Crippen LogP contribution in [0.25, 0.3) is 0 Å². The molecule has 1 rings (SSSR count). The van der Waals surface area contributed by atoms with Gasteiger partial charge < -0.3 is 10.6 Å². The summed E-state index contributed by atoms with van der Waals surface area (Å²) in [5, 5.41) is 6.34. The van der Waals surface area contributed by atoms with Gasteiger partial charge in [-0.15, -0.1) is 24.0 Å². The number of nitrogens with zero attached hydrogens (tertiary/aromatic N) is 1. The van der Waals surface area contributed by atoms with Crippen molar-refractivity contribution < 1.29 is 12.8 Å². The Labute approximate surface area is 171 Å². The molecule has 0 aliphatic rings. The van der Waals surface area contributed by atoms with Crippen LogP contribution in [0.5, 0.6) is 0 Å². The van der Waals surface area contributed by atoms with Crippen LogP contribution in [0.1, 0.15) is 18.9 Å². The Morgan fingerprint density at radius 1 is 1.36 bits per heavy atom. The Hall–Kier alpha value is -0.550. The smallest absolute Gasteiger partial charge is 0.191 e. The first kappa shape index (κ1) is 24.5. The van der Waals surface area contributed by atoms with Crippen LogP contribution in [-0.4, -0.2) is 51.8 Å². The van der Waals surface area contributed by atoms with Gasteiger partial charge in [-0.25, -0.2) is 12.8 Å². The van der Waals surface area contributed by atoms with E-state index in [0.717, 1.165) is 5.75 Å². The summed E-state index contributed by atoms with van der Waals surface area (Å²) in [6.45, 7) is 2.61. The Morgan fingerprint density at radius 3 is 2.64 bits per heavy atom. The second-order valence-electron chi connectivity index (χ2n) is 5.61. The van der Waals surface area contributed by atoms with Crippen LogP contribution in [0.2, 0.25) is 0 Å². The van der Waals surface area contributed by atoms with Crippen molar-refractivity contribution >= 4 is 51.5 Å². The zero-order chi connectivity index (χ0) is 18.0. The fourth-order valence-electron chi connectivity index (χ4n) is 1.93. The fraction of sp³-hybridized carbons (Fsp3) is 0.562. The van der Waals surface area contributed by atoms with E-state index >= 15 is 0 Å². The third-order valence-corrected chi connectivity index (χ3v) is 5.27. The lowest BCUT2D eigenvalue weighted by atomic mass is 10.2. The van der Waals surface area contributed by atoms with E-state index < -0.39 is 9.84 Å². The maximum atomic E-state index is 13.5. The molecular formula is C16H27FIN3O2S2. The molecule has 5 nitrogen and oxygen atoms in total. The zero-order valence-electron chi connectivity index (χ0n) is 14.8. The standard InChI is InChI=1S/C16H26FN3O2S2.HI/c1-13(8-11-24(3,21)22)20-16(18-2)19-9-10-23-12-14-6-4-5-7-15(14)17;/h4-7,13H,8-12H2,1-3H3,(H2,18,19,20);1H. The van der Waals surface area contributed by atoms with Gasteiger partial charge in [0.25, 0.3) is 0 Å². The Kier molecular flexibility index (Phi) is 12.5. The van der Waals surface area contributed by atoms with Crippen LogP contribution >= 0.6 is 35.7 Å². The Morgan fingerprint density at radius 2 is 2.04 bits per heavy atom. The van der Waals surface area contributed by atoms with Gasteiger partial charge in [-0.05, 0) is 25.0 Å². The first-order valence-corrected chi connectivity index (χ1v) is 11.0. The number of hydrogen-bond acceptors (Lipinski definition) is 4. The normalized spacial score (nSPS) is 13.0. The minimum Gasteiger partial charge on any atom is -0.356 e. The lowest BCUT2D eigenvalue weighted by molar-refractivity contribution is 0.582. The predicted octanol–water partition coefficient (Wildman–Crippen LogP) is 2.67. The topological polar surface area (TPSA) is 70.6 Å². The lowest BCUT2D eigenvalue weighted by Crippen LogP contribution is -2.43. The molecule has 0 bridgehead atoms. The molecule has 0 spiro atoms. The van der Waals surface area contributed by atoms with Crippen LogP contribution < -0.4 is 10.6 Å². The summed E-state index contributed by atoms with van der Waals surface area (Å²) >= 11 is 1.64. The number of thioether (sulfide) groups is 1. The molecule has 0 aliphatic heterocycles. The Bertz CT molecular complexity index is 642. The van der Waals surface area contributed by atoms with E-state index in [-0.39, 0.29) is 41.6 Å². The number of aliphatic imine (C=N–C) groups is 1. The molecule has 25 heavy (non-hydrogen) atoms. The van der Waals surface area contributed by atoms with Crippen LogP contribution in [0, 0.1) is 5.82 Å². The van der Waals surface area contributed by atoms with Crippen molar-refractivity contribution in [1.82, 2.24) is 10.6 Å². The van der Waals surface area contributed by atoms with Crippen molar-refractivity contribution in [3.63, 3.8) is 0 Å². The van der Waals surface area contributed by atoms with Crippen molar-refractivity contribution in [3.8, 4) is 0 Å². The molecular weight excluding hydrogens is 476 g/mol. The molecule has 2 N–H and O–H groups in total. The number of halogens is 2. The van der Waals surface area contributed by atoms with E-state index in [1.165, 1.54) is 12.3 Å². The van der Waals surface area contributed by atoms with E-state index in [1.54, 1.807) is 30.9 Å². The molecule has 9 heteroatoms. The molecule has 1 atom stereocenters. The maximum Gasteiger partial charge on any atom is 0.191 e. The van der Waals surface area contributed by atoms with Crippen LogP contribution in [0.15, 0.2) is 29.3 Å². The molecule has 1 unspecified atom stereocenters. The highest BCUT2D eigenvalue weighted by atomic mass is 127. The number of benzene rings is 1. The molecule has 1 aromatic carbocycles. The van der Waals surface area contributed by atoms with Gasteiger partial charge in [0.05, 0.1) is 5.75 Å². The van der Waals surface area contributed by atoms with Gasteiger partial charge >= 0.3 is 0 Å². The maximum absolute atomic E-state index is 13.5. The molecule has 0 fully saturated rings. The highest BCUT2D eigenvalue weighted by Gasteiger charge is 2.09. The second-order valence-corrected chi connectivity index (χ2v) is 8.97. The highest BCUT2D eigenvalue weighted by Crippen LogP contribution is 2.14. The molecule has 0 heterocycles. The van der Waals surface area contributed by atoms with Gasteiger partial charge in [-0.2, -0.15) is 11.8 Å². The monoisotopic (exact) mass is 503 g/mol. The largest absolute Gasteiger partial charge is 0.356 e. The molecule has 0 saturated carbocycles. The van der Waals surface area contributed by atoms with Crippen molar-refractivity contribution in [3.05, 3.63) is 35.6 Å². The summed E-state index contributed by atoms with van der Waals surface area (Å²) in [4.78, 5) is 4.12. The van der Waals surface area contributed by atoms with E-state index in [4.69, 9.17) is 0 Å². The predicted molar refractivity (Wildman–Crippen MR) is 116 cm³/mol. The van der Waals surface area contributed by atoms with Gasteiger partial charge in [-0.3, -0.25) is 4.99 Å². The first-order chi connectivity index (χ1) is 11.3. The van der Waals surface area contributed by atoms with Crippen LogP contribution in [0.3, 0.4) is 0 Å². The number of rotatable bonds is 9. The average Bonchev–Trinajstić information content (AvgIpc) is 2.52. The van der Waals surface area contributed by atoms with Crippen LogP contribution in [-0.2, 0) is 15.6 Å². The van der Waals surface area contributed by atoms with Gasteiger partial charge in [-0.1, -0.05) is 18.2 Å². The summed E-state index contributed by atoms with van der Waals surface area (Å²) < 4.78 is 35.8. The SMILES string of the molecule is CN=C(NCCSCc1ccccc1F)NC(C)CCS(C)(=O)=O.I. The van der Waals surface area contributed by atoms with E-state index in [9.17, 15) is 12.8 Å². The zero-order valence-corrected chi connectivity index (χ0v) is 18.8. The summed E-state index contributed by atoms with van der Waals surface area (Å²) in [7, 11) is -1.28. The van der Waals surface area contributed by atoms with Gasteiger partial charge in [0.2, 0.25) is 0 Å². The molecule has 0 aromatic heterocycles. The van der Waals surface area contributed by atoms with Crippen LogP contribution in [0.4, 0.5) is 4.39 Å².